The maximum absolute atomic E-state index is 12.7. The van der Waals surface area contributed by atoms with Crippen LogP contribution < -0.4 is 14.9 Å². The fourth-order valence-corrected chi connectivity index (χ4v) is 4.71. The second-order valence-corrected chi connectivity index (χ2v) is 10.3. The lowest BCUT2D eigenvalue weighted by Gasteiger charge is -2.22. The Bertz CT molecular complexity index is 1270. The lowest BCUT2D eigenvalue weighted by atomic mass is 10.1. The second kappa shape index (κ2) is 12.4. The van der Waals surface area contributed by atoms with E-state index in [0.29, 0.717) is 34.9 Å². The van der Waals surface area contributed by atoms with E-state index in [1.165, 1.54) is 4.31 Å². The van der Waals surface area contributed by atoms with Crippen molar-refractivity contribution >= 4 is 44.8 Å². The Balaban J connectivity index is 1.55. The fourth-order valence-electron chi connectivity index (χ4n) is 3.56. The van der Waals surface area contributed by atoms with Crippen LogP contribution in [0.5, 0.6) is 0 Å². The molecule has 0 saturated carbocycles. The van der Waals surface area contributed by atoms with Crippen LogP contribution >= 0.6 is 11.6 Å². The van der Waals surface area contributed by atoms with Gasteiger partial charge in [-0.2, -0.15) is 0 Å². The molecule has 0 aliphatic heterocycles. The van der Waals surface area contributed by atoms with Gasteiger partial charge in [0.15, 0.2) is 0 Å². The van der Waals surface area contributed by atoms with Gasteiger partial charge in [0, 0.05) is 24.5 Å². The molecule has 0 fully saturated rings. The highest BCUT2D eigenvalue weighted by Crippen LogP contribution is 2.22. The summed E-state index contributed by atoms with van der Waals surface area (Å²) in [6.07, 6.45) is 2.18. The minimum Gasteiger partial charge on any atom is -0.352 e. The Morgan fingerprint density at radius 3 is 2.37 bits per heavy atom. The third kappa shape index (κ3) is 8.12. The van der Waals surface area contributed by atoms with Gasteiger partial charge in [0.1, 0.15) is 0 Å². The zero-order valence-electron chi connectivity index (χ0n) is 19.4. The number of carbonyl (C=O) groups is 2. The van der Waals surface area contributed by atoms with E-state index < -0.39 is 10.0 Å². The third-order valence-corrected chi connectivity index (χ3v) is 6.68. The zero-order valence-corrected chi connectivity index (χ0v) is 21.0. The van der Waals surface area contributed by atoms with E-state index in [4.69, 9.17) is 11.6 Å². The molecule has 3 rings (SSSR count). The zero-order chi connectivity index (χ0) is 25.3. The molecule has 0 heterocycles. The number of anilines is 2. The van der Waals surface area contributed by atoms with E-state index in [1.807, 2.05) is 30.3 Å². The van der Waals surface area contributed by atoms with Crippen LogP contribution in [0.1, 0.15) is 28.8 Å². The molecular weight excluding hydrogens is 486 g/mol. The number of hydrogen-bond donors (Lipinski definition) is 2. The first-order chi connectivity index (χ1) is 16.7. The highest BCUT2D eigenvalue weighted by atomic mass is 35.5. The van der Waals surface area contributed by atoms with Gasteiger partial charge in [0.2, 0.25) is 15.9 Å². The van der Waals surface area contributed by atoms with Crippen LogP contribution in [0.4, 0.5) is 11.4 Å². The van der Waals surface area contributed by atoms with Crippen molar-refractivity contribution in [2.45, 2.75) is 19.3 Å². The molecule has 9 heteroatoms. The van der Waals surface area contributed by atoms with Crippen molar-refractivity contribution in [3.8, 4) is 0 Å². The van der Waals surface area contributed by atoms with Gasteiger partial charge < -0.3 is 10.6 Å². The molecule has 0 radical (unpaired) electrons. The highest BCUT2D eigenvalue weighted by Gasteiger charge is 2.18. The van der Waals surface area contributed by atoms with Gasteiger partial charge in [-0.05, 0) is 48.7 Å². The van der Waals surface area contributed by atoms with Crippen molar-refractivity contribution in [3.63, 3.8) is 0 Å². The Morgan fingerprint density at radius 2 is 1.66 bits per heavy atom. The molecule has 0 bridgehead atoms. The van der Waals surface area contributed by atoms with Gasteiger partial charge in [0.05, 0.1) is 23.2 Å². The molecule has 0 aliphatic carbocycles. The summed E-state index contributed by atoms with van der Waals surface area (Å²) in [4.78, 5) is 25.3. The van der Waals surface area contributed by atoms with Crippen LogP contribution in [0.2, 0.25) is 5.02 Å². The molecule has 2 amide bonds. The number of nitrogens with zero attached hydrogens (tertiary/aromatic N) is 1. The van der Waals surface area contributed by atoms with E-state index >= 15 is 0 Å². The molecular formula is C26H28ClN3O4S. The molecule has 0 unspecified atom stereocenters. The largest absolute Gasteiger partial charge is 0.352 e. The summed E-state index contributed by atoms with van der Waals surface area (Å²) in [7, 11) is -3.55. The van der Waals surface area contributed by atoms with Crippen molar-refractivity contribution in [2.75, 3.05) is 29.0 Å². The van der Waals surface area contributed by atoms with Crippen molar-refractivity contribution in [3.05, 3.63) is 95.0 Å². The first-order valence-corrected chi connectivity index (χ1v) is 13.4. The molecule has 35 heavy (non-hydrogen) atoms. The maximum atomic E-state index is 12.7. The highest BCUT2D eigenvalue weighted by molar-refractivity contribution is 7.92. The lowest BCUT2D eigenvalue weighted by Crippen LogP contribution is -2.31. The lowest BCUT2D eigenvalue weighted by molar-refractivity contribution is -0.116. The van der Waals surface area contributed by atoms with Crippen LogP contribution in [-0.4, -0.2) is 39.6 Å². The molecule has 7 nitrogen and oxygen atoms in total. The van der Waals surface area contributed by atoms with Crippen molar-refractivity contribution in [2.24, 2.45) is 0 Å². The Morgan fingerprint density at radius 1 is 0.943 bits per heavy atom. The Hall–Kier alpha value is -3.36. The predicted octanol–water partition coefficient (Wildman–Crippen LogP) is 4.50. The third-order valence-electron chi connectivity index (χ3n) is 5.25. The number of rotatable bonds is 11. The first kappa shape index (κ1) is 26.2. The minimum atomic E-state index is -3.55. The van der Waals surface area contributed by atoms with Crippen LogP contribution in [0.25, 0.3) is 0 Å². The van der Waals surface area contributed by atoms with Crippen molar-refractivity contribution in [1.29, 1.82) is 0 Å². The smallest absolute Gasteiger partial charge is 0.253 e. The van der Waals surface area contributed by atoms with E-state index in [0.717, 1.165) is 11.8 Å². The van der Waals surface area contributed by atoms with Crippen LogP contribution in [0.3, 0.4) is 0 Å². The number of benzene rings is 3. The summed E-state index contributed by atoms with van der Waals surface area (Å²) < 4.78 is 25.7. The van der Waals surface area contributed by atoms with Crippen LogP contribution in [-0.2, 0) is 21.2 Å². The molecule has 0 aliphatic rings. The quantitative estimate of drug-likeness (QED) is 0.394. The van der Waals surface area contributed by atoms with E-state index in [9.17, 15) is 18.0 Å². The summed E-state index contributed by atoms with van der Waals surface area (Å²) >= 11 is 6.00. The van der Waals surface area contributed by atoms with Crippen LogP contribution in [0, 0.1) is 0 Å². The summed E-state index contributed by atoms with van der Waals surface area (Å²) in [5, 5.41) is 6.08. The number of halogens is 1. The van der Waals surface area contributed by atoms with Crippen molar-refractivity contribution < 1.29 is 18.0 Å². The molecule has 3 aromatic carbocycles. The van der Waals surface area contributed by atoms with E-state index in [1.54, 1.807) is 48.5 Å². The summed E-state index contributed by atoms with van der Waals surface area (Å²) in [6.45, 7) is 0.587. The van der Waals surface area contributed by atoms with E-state index in [2.05, 4.69) is 10.6 Å². The molecule has 0 spiro atoms. The average Bonchev–Trinajstić information content (AvgIpc) is 2.82. The van der Waals surface area contributed by atoms with Crippen molar-refractivity contribution in [1.82, 2.24) is 5.32 Å². The Labute approximate surface area is 211 Å². The van der Waals surface area contributed by atoms with Gasteiger partial charge in [-0.3, -0.25) is 13.9 Å². The van der Waals surface area contributed by atoms with Crippen LogP contribution in [0.15, 0.2) is 78.9 Å². The normalized spacial score (nSPS) is 11.0. The molecule has 3 aromatic rings. The average molecular weight is 514 g/mol. The monoisotopic (exact) mass is 513 g/mol. The minimum absolute atomic E-state index is 0.0799. The summed E-state index contributed by atoms with van der Waals surface area (Å²) in [5.74, 6) is -0.588. The van der Waals surface area contributed by atoms with Gasteiger partial charge >= 0.3 is 0 Å². The molecule has 0 atom stereocenters. The molecule has 184 valence electrons. The molecule has 0 aromatic heterocycles. The van der Waals surface area contributed by atoms with Gasteiger partial charge in [0.25, 0.3) is 5.91 Å². The number of para-hydroxylation sites is 1. The standard InChI is InChI=1S/C26H28ClN3O4S/c1-35(33,34)30(22-12-7-11-21(27)19-22)18-8-15-25(31)29-24-14-6-5-13-23(24)26(32)28-17-16-20-9-3-2-4-10-20/h2-7,9-14,19H,8,15-18H2,1H3,(H,28,32)(H,29,31). The number of hydrogen-bond acceptors (Lipinski definition) is 4. The number of carbonyl (C=O) groups excluding carboxylic acids is 2. The molecule has 0 saturated heterocycles. The topological polar surface area (TPSA) is 95.6 Å². The second-order valence-electron chi connectivity index (χ2n) is 8.00. The van der Waals surface area contributed by atoms with E-state index in [-0.39, 0.29) is 31.2 Å². The predicted molar refractivity (Wildman–Crippen MR) is 140 cm³/mol. The SMILES string of the molecule is CS(=O)(=O)N(CCCC(=O)Nc1ccccc1C(=O)NCCc1ccccc1)c1cccc(Cl)c1. The summed E-state index contributed by atoms with van der Waals surface area (Å²) in [6, 6.07) is 23.2. The summed E-state index contributed by atoms with van der Waals surface area (Å²) in [5.41, 5.74) is 2.34. The first-order valence-electron chi connectivity index (χ1n) is 11.2. The number of nitrogens with one attached hydrogen (secondary N) is 2. The van der Waals surface area contributed by atoms with Gasteiger partial charge in [-0.25, -0.2) is 8.42 Å². The van der Waals surface area contributed by atoms with Gasteiger partial charge in [-0.15, -0.1) is 0 Å². The number of sulfonamides is 1. The van der Waals surface area contributed by atoms with Gasteiger partial charge in [-0.1, -0.05) is 60.1 Å². The Kier molecular flexibility index (Phi) is 9.28. The molecule has 2 N–H and O–H groups in total. The fraction of sp³-hybridized carbons (Fsp3) is 0.231. The number of amides is 2. The maximum Gasteiger partial charge on any atom is 0.253 e.